The molecule has 29 heavy (non-hydrogen) atoms. The van der Waals surface area contributed by atoms with Crippen molar-refractivity contribution < 1.29 is 19.4 Å². The number of rotatable bonds is 5. The van der Waals surface area contributed by atoms with E-state index >= 15 is 0 Å². The minimum absolute atomic E-state index is 0.0607. The number of aryl methyl sites for hydroxylation is 3. The predicted octanol–water partition coefficient (Wildman–Crippen LogP) is 1.83. The van der Waals surface area contributed by atoms with Crippen LogP contribution in [0.2, 0.25) is 0 Å². The van der Waals surface area contributed by atoms with E-state index in [1.807, 2.05) is 30.5 Å². The molecule has 0 radical (unpaired) electrons. The Hall–Kier alpha value is -2.90. The Morgan fingerprint density at radius 3 is 2.76 bits per heavy atom. The Kier molecular flexibility index (Phi) is 5.25. The Labute approximate surface area is 167 Å². The Morgan fingerprint density at radius 1 is 1.24 bits per heavy atom. The topological polar surface area (TPSA) is 116 Å². The van der Waals surface area contributed by atoms with E-state index in [2.05, 4.69) is 10.3 Å². The molecule has 0 saturated heterocycles. The van der Waals surface area contributed by atoms with E-state index in [1.54, 1.807) is 13.0 Å². The lowest BCUT2D eigenvalue weighted by molar-refractivity contribution is 0.0296. The summed E-state index contributed by atoms with van der Waals surface area (Å²) in [5, 5.41) is 23.3. The van der Waals surface area contributed by atoms with E-state index in [0.717, 1.165) is 16.5 Å². The maximum atomic E-state index is 12.5. The molecule has 1 aromatic carbocycles. The van der Waals surface area contributed by atoms with Gasteiger partial charge >= 0.3 is 5.63 Å². The highest BCUT2D eigenvalue weighted by atomic mass is 16.4. The predicted molar refractivity (Wildman–Crippen MR) is 108 cm³/mol. The molecule has 152 valence electrons. The maximum absolute atomic E-state index is 12.5. The average Bonchev–Trinajstić information content (AvgIpc) is 3.24. The molecular formula is C22H24N2O5. The summed E-state index contributed by atoms with van der Waals surface area (Å²) >= 11 is 0. The quantitative estimate of drug-likeness (QED) is 0.525. The number of hydrogen-bond donors (Lipinski definition) is 4. The molecule has 2 aromatic heterocycles. The van der Waals surface area contributed by atoms with E-state index in [9.17, 15) is 19.8 Å². The van der Waals surface area contributed by atoms with Crippen LogP contribution in [-0.2, 0) is 12.8 Å². The zero-order valence-corrected chi connectivity index (χ0v) is 16.1. The Morgan fingerprint density at radius 2 is 2.03 bits per heavy atom. The lowest BCUT2D eigenvalue weighted by atomic mass is 10.0. The van der Waals surface area contributed by atoms with Crippen molar-refractivity contribution in [2.75, 3.05) is 0 Å². The summed E-state index contributed by atoms with van der Waals surface area (Å²) in [4.78, 5) is 28.2. The van der Waals surface area contributed by atoms with Gasteiger partial charge in [0.1, 0.15) is 17.4 Å². The SMILES string of the molecule is Cc1cc(CCc2c[nH]c3ccccc23)oc(=O)c1C(=O)N[C@@H]1CC[C@@H](O)[C@H]1O. The molecule has 2 heterocycles. The van der Waals surface area contributed by atoms with Crippen LogP contribution in [0.5, 0.6) is 0 Å². The summed E-state index contributed by atoms with van der Waals surface area (Å²) in [5.41, 5.74) is 1.97. The largest absolute Gasteiger partial charge is 0.427 e. The average molecular weight is 396 g/mol. The van der Waals surface area contributed by atoms with Crippen LogP contribution in [0.1, 0.15) is 40.1 Å². The number of benzene rings is 1. The lowest BCUT2D eigenvalue weighted by Crippen LogP contribution is -2.44. The second-order valence-corrected chi connectivity index (χ2v) is 7.63. The van der Waals surface area contributed by atoms with Crippen molar-refractivity contribution in [3.8, 4) is 0 Å². The molecular weight excluding hydrogens is 372 g/mol. The van der Waals surface area contributed by atoms with E-state index in [0.29, 0.717) is 37.0 Å². The van der Waals surface area contributed by atoms with Gasteiger partial charge in [-0.1, -0.05) is 18.2 Å². The zero-order valence-electron chi connectivity index (χ0n) is 16.1. The van der Waals surface area contributed by atoms with Gasteiger partial charge in [-0.15, -0.1) is 0 Å². The fourth-order valence-electron chi connectivity index (χ4n) is 4.02. The van der Waals surface area contributed by atoms with Crippen LogP contribution >= 0.6 is 0 Å². The maximum Gasteiger partial charge on any atom is 0.349 e. The van der Waals surface area contributed by atoms with Crippen molar-refractivity contribution in [1.82, 2.24) is 10.3 Å². The third kappa shape index (κ3) is 3.83. The molecule has 1 fully saturated rings. The number of aromatic nitrogens is 1. The highest BCUT2D eigenvalue weighted by molar-refractivity contribution is 5.95. The van der Waals surface area contributed by atoms with Crippen molar-refractivity contribution in [3.05, 3.63) is 69.4 Å². The summed E-state index contributed by atoms with van der Waals surface area (Å²) in [6.07, 6.45) is 2.18. The molecule has 1 aliphatic rings. The van der Waals surface area contributed by atoms with E-state index in [-0.39, 0.29) is 5.56 Å². The van der Waals surface area contributed by atoms with Crippen LogP contribution < -0.4 is 10.9 Å². The van der Waals surface area contributed by atoms with Gasteiger partial charge < -0.3 is 24.9 Å². The van der Waals surface area contributed by atoms with Crippen LogP contribution in [0.4, 0.5) is 0 Å². The van der Waals surface area contributed by atoms with Gasteiger partial charge in [-0.2, -0.15) is 0 Å². The van der Waals surface area contributed by atoms with Gasteiger partial charge in [0.15, 0.2) is 0 Å². The van der Waals surface area contributed by atoms with Gasteiger partial charge in [-0.3, -0.25) is 4.79 Å². The first-order chi connectivity index (χ1) is 13.9. The molecule has 0 bridgehead atoms. The molecule has 4 N–H and O–H groups in total. The molecule has 7 nitrogen and oxygen atoms in total. The van der Waals surface area contributed by atoms with Crippen LogP contribution in [-0.4, -0.2) is 39.4 Å². The highest BCUT2D eigenvalue weighted by Crippen LogP contribution is 2.21. The van der Waals surface area contributed by atoms with E-state index < -0.39 is 29.8 Å². The first-order valence-electron chi connectivity index (χ1n) is 9.79. The van der Waals surface area contributed by atoms with Crippen molar-refractivity contribution in [3.63, 3.8) is 0 Å². The molecule has 1 amide bonds. The minimum Gasteiger partial charge on any atom is -0.427 e. The third-order valence-corrected chi connectivity index (χ3v) is 5.64. The molecule has 0 spiro atoms. The smallest absolute Gasteiger partial charge is 0.349 e. The second kappa shape index (κ2) is 7.85. The van der Waals surface area contributed by atoms with Gasteiger partial charge in [0.25, 0.3) is 5.91 Å². The van der Waals surface area contributed by atoms with Crippen LogP contribution in [0.15, 0.2) is 45.7 Å². The highest BCUT2D eigenvalue weighted by Gasteiger charge is 2.35. The number of hydrogen-bond acceptors (Lipinski definition) is 5. The van der Waals surface area contributed by atoms with Gasteiger partial charge in [0.05, 0.1) is 12.1 Å². The molecule has 4 rings (SSSR count). The number of carbonyl (C=O) groups excluding carboxylic acids is 1. The van der Waals surface area contributed by atoms with Crippen LogP contribution in [0, 0.1) is 6.92 Å². The Balaban J connectivity index is 1.48. The summed E-state index contributed by atoms with van der Waals surface area (Å²) < 4.78 is 5.39. The number of carbonyl (C=O) groups is 1. The fourth-order valence-corrected chi connectivity index (χ4v) is 4.02. The third-order valence-electron chi connectivity index (χ3n) is 5.64. The number of aliphatic hydroxyl groups excluding tert-OH is 2. The van der Waals surface area contributed by atoms with Gasteiger partial charge in [0, 0.05) is 23.5 Å². The number of para-hydroxylation sites is 1. The number of aromatic amines is 1. The van der Waals surface area contributed by atoms with Crippen LogP contribution in [0.3, 0.4) is 0 Å². The first-order valence-corrected chi connectivity index (χ1v) is 9.79. The van der Waals surface area contributed by atoms with Gasteiger partial charge in [0.2, 0.25) is 0 Å². The summed E-state index contributed by atoms with van der Waals surface area (Å²) in [6, 6.07) is 9.15. The van der Waals surface area contributed by atoms with Crippen molar-refractivity contribution in [2.24, 2.45) is 0 Å². The zero-order chi connectivity index (χ0) is 20.5. The molecule has 1 saturated carbocycles. The summed E-state index contributed by atoms with van der Waals surface area (Å²) in [5.74, 6) is -0.0665. The van der Waals surface area contributed by atoms with Crippen molar-refractivity contribution in [2.45, 2.75) is 50.9 Å². The molecule has 1 aliphatic carbocycles. The second-order valence-electron chi connectivity index (χ2n) is 7.63. The lowest BCUT2D eigenvalue weighted by Gasteiger charge is -2.18. The molecule has 0 aliphatic heterocycles. The monoisotopic (exact) mass is 396 g/mol. The number of nitrogens with one attached hydrogen (secondary N) is 2. The minimum atomic E-state index is -1.03. The van der Waals surface area contributed by atoms with Crippen molar-refractivity contribution in [1.29, 1.82) is 0 Å². The number of aliphatic hydroxyl groups is 2. The standard InChI is InChI=1S/C22H24N2O5/c1-12-10-14(7-6-13-11-23-16-5-3-2-4-15(13)16)29-22(28)19(12)21(27)24-17-8-9-18(25)20(17)26/h2-5,10-11,17-18,20,23,25-26H,6-9H2,1H3,(H,24,27)/t17-,18-,20+/m1/s1. The normalized spacial score (nSPS) is 21.6. The summed E-state index contributed by atoms with van der Waals surface area (Å²) in [6.45, 7) is 1.70. The number of H-pyrrole nitrogens is 1. The van der Waals surface area contributed by atoms with Crippen molar-refractivity contribution >= 4 is 16.8 Å². The number of amides is 1. The molecule has 7 heteroatoms. The van der Waals surface area contributed by atoms with Gasteiger partial charge in [-0.05, 0) is 49.4 Å². The molecule has 3 aromatic rings. The summed E-state index contributed by atoms with van der Waals surface area (Å²) in [7, 11) is 0. The molecule has 0 unspecified atom stereocenters. The fraction of sp³-hybridized carbons (Fsp3) is 0.364. The number of fused-ring (bicyclic) bond motifs is 1. The first kappa shape index (κ1) is 19.4. The van der Waals surface area contributed by atoms with Crippen LogP contribution in [0.25, 0.3) is 10.9 Å². The van der Waals surface area contributed by atoms with E-state index in [4.69, 9.17) is 4.42 Å². The molecule has 3 atom stereocenters. The van der Waals surface area contributed by atoms with E-state index in [1.165, 1.54) is 0 Å². The Bertz CT molecular complexity index is 1100. The van der Waals surface area contributed by atoms with Gasteiger partial charge in [-0.25, -0.2) is 4.79 Å².